The molecule has 1 aromatic carbocycles. The molecule has 0 aliphatic heterocycles. The molecule has 0 aliphatic rings. The maximum absolute atomic E-state index is 11.4. The summed E-state index contributed by atoms with van der Waals surface area (Å²) in [6.07, 6.45) is 2.06. The normalized spacial score (nSPS) is 12.1. The SMILES string of the molecule is CCCC(O)CCC(=O)OCc1ccccc1. The largest absolute Gasteiger partial charge is 0.461 e. The van der Waals surface area contributed by atoms with Crippen LogP contribution in [0.5, 0.6) is 0 Å². The third-order valence-corrected chi connectivity index (χ3v) is 2.55. The Morgan fingerprint density at radius 1 is 1.29 bits per heavy atom. The van der Waals surface area contributed by atoms with Crippen LogP contribution in [0.1, 0.15) is 38.2 Å². The minimum absolute atomic E-state index is 0.246. The van der Waals surface area contributed by atoms with E-state index in [1.165, 1.54) is 0 Å². The van der Waals surface area contributed by atoms with Crippen molar-refractivity contribution in [3.8, 4) is 0 Å². The van der Waals surface area contributed by atoms with E-state index in [2.05, 4.69) is 0 Å². The van der Waals surface area contributed by atoms with Gasteiger partial charge in [0.1, 0.15) is 6.61 Å². The second kappa shape index (κ2) is 7.85. The lowest BCUT2D eigenvalue weighted by molar-refractivity contribution is -0.145. The minimum Gasteiger partial charge on any atom is -0.461 e. The average molecular weight is 236 g/mol. The minimum atomic E-state index is -0.385. The first kappa shape index (κ1) is 13.7. The highest BCUT2D eigenvalue weighted by molar-refractivity contribution is 5.69. The quantitative estimate of drug-likeness (QED) is 0.740. The number of ether oxygens (including phenoxy) is 1. The van der Waals surface area contributed by atoms with Crippen LogP contribution in [0, 0.1) is 0 Å². The fraction of sp³-hybridized carbons (Fsp3) is 0.500. The van der Waals surface area contributed by atoms with Crippen molar-refractivity contribution in [2.45, 2.75) is 45.3 Å². The van der Waals surface area contributed by atoms with Crippen LogP contribution >= 0.6 is 0 Å². The average Bonchev–Trinajstić information content (AvgIpc) is 2.35. The zero-order valence-electron chi connectivity index (χ0n) is 10.3. The fourth-order valence-electron chi connectivity index (χ4n) is 1.57. The Kier molecular flexibility index (Phi) is 6.33. The number of aliphatic hydroxyl groups excluding tert-OH is 1. The van der Waals surface area contributed by atoms with Crippen molar-refractivity contribution in [1.82, 2.24) is 0 Å². The Hall–Kier alpha value is -1.35. The number of aliphatic hydroxyl groups is 1. The van der Waals surface area contributed by atoms with Gasteiger partial charge in [-0.05, 0) is 18.4 Å². The van der Waals surface area contributed by atoms with Crippen LogP contribution in [0.4, 0.5) is 0 Å². The second-order valence-corrected chi connectivity index (χ2v) is 4.13. The summed E-state index contributed by atoms with van der Waals surface area (Å²) in [5.41, 5.74) is 0.981. The number of esters is 1. The predicted molar refractivity (Wildman–Crippen MR) is 66.4 cm³/mol. The summed E-state index contributed by atoms with van der Waals surface area (Å²) in [6, 6.07) is 9.58. The van der Waals surface area contributed by atoms with Crippen molar-refractivity contribution in [3.63, 3.8) is 0 Å². The molecule has 0 radical (unpaired) electrons. The Labute approximate surface area is 102 Å². The van der Waals surface area contributed by atoms with Gasteiger partial charge in [0.05, 0.1) is 6.10 Å². The molecule has 0 heterocycles. The molecule has 1 atom stereocenters. The summed E-state index contributed by atoms with van der Waals surface area (Å²) >= 11 is 0. The van der Waals surface area contributed by atoms with Crippen LogP contribution in [-0.2, 0) is 16.1 Å². The maximum atomic E-state index is 11.4. The molecule has 0 spiro atoms. The molecule has 0 aromatic heterocycles. The summed E-state index contributed by atoms with van der Waals surface area (Å²) in [7, 11) is 0. The van der Waals surface area contributed by atoms with Gasteiger partial charge in [0.2, 0.25) is 0 Å². The standard InChI is InChI=1S/C14H20O3/c1-2-6-13(15)9-10-14(16)17-11-12-7-4-3-5-8-12/h3-5,7-8,13,15H,2,6,9-11H2,1H3. The smallest absolute Gasteiger partial charge is 0.306 e. The first-order chi connectivity index (χ1) is 8.22. The lowest BCUT2D eigenvalue weighted by Crippen LogP contribution is -2.11. The molecule has 1 rings (SSSR count). The molecule has 3 nitrogen and oxygen atoms in total. The molecule has 0 saturated heterocycles. The van der Waals surface area contributed by atoms with E-state index < -0.39 is 0 Å². The van der Waals surface area contributed by atoms with Crippen LogP contribution in [0.3, 0.4) is 0 Å². The van der Waals surface area contributed by atoms with Crippen LogP contribution in [0.15, 0.2) is 30.3 Å². The van der Waals surface area contributed by atoms with Crippen molar-refractivity contribution in [3.05, 3.63) is 35.9 Å². The summed E-state index contributed by atoms with van der Waals surface area (Å²) in [6.45, 7) is 2.32. The molecule has 1 N–H and O–H groups in total. The maximum Gasteiger partial charge on any atom is 0.306 e. The number of carbonyl (C=O) groups is 1. The third kappa shape index (κ3) is 6.07. The molecule has 0 saturated carbocycles. The number of benzene rings is 1. The van der Waals surface area contributed by atoms with Crippen LogP contribution in [-0.4, -0.2) is 17.2 Å². The predicted octanol–water partition coefficient (Wildman–Crippen LogP) is 2.67. The van der Waals surface area contributed by atoms with Gasteiger partial charge < -0.3 is 9.84 Å². The molecule has 0 aliphatic carbocycles. The molecule has 1 unspecified atom stereocenters. The Balaban J connectivity index is 2.17. The van der Waals surface area contributed by atoms with Crippen LogP contribution in [0.2, 0.25) is 0 Å². The zero-order chi connectivity index (χ0) is 12.5. The molecule has 94 valence electrons. The number of rotatable bonds is 7. The van der Waals surface area contributed by atoms with E-state index >= 15 is 0 Å². The summed E-state index contributed by atoms with van der Waals surface area (Å²) < 4.78 is 5.11. The van der Waals surface area contributed by atoms with Gasteiger partial charge in [0.25, 0.3) is 0 Å². The number of carbonyl (C=O) groups excluding carboxylic acids is 1. The molecule has 17 heavy (non-hydrogen) atoms. The van der Waals surface area contributed by atoms with E-state index in [4.69, 9.17) is 4.74 Å². The van der Waals surface area contributed by atoms with E-state index in [-0.39, 0.29) is 18.5 Å². The molecule has 0 bridgehead atoms. The van der Waals surface area contributed by atoms with Crippen LogP contribution in [0.25, 0.3) is 0 Å². The highest BCUT2D eigenvalue weighted by atomic mass is 16.5. The highest BCUT2D eigenvalue weighted by Crippen LogP contribution is 2.07. The van der Waals surface area contributed by atoms with Gasteiger partial charge in [0.15, 0.2) is 0 Å². The van der Waals surface area contributed by atoms with Gasteiger partial charge in [-0.15, -0.1) is 0 Å². The van der Waals surface area contributed by atoms with Crippen LogP contribution < -0.4 is 0 Å². The topological polar surface area (TPSA) is 46.5 Å². The first-order valence-corrected chi connectivity index (χ1v) is 6.10. The van der Waals surface area contributed by atoms with Crippen molar-refractivity contribution >= 4 is 5.97 Å². The second-order valence-electron chi connectivity index (χ2n) is 4.13. The summed E-state index contributed by atoms with van der Waals surface area (Å²) in [5.74, 6) is -0.246. The third-order valence-electron chi connectivity index (χ3n) is 2.55. The van der Waals surface area contributed by atoms with E-state index in [9.17, 15) is 9.90 Å². The molecule has 0 fully saturated rings. The van der Waals surface area contributed by atoms with E-state index in [1.54, 1.807) is 0 Å². The van der Waals surface area contributed by atoms with Gasteiger partial charge in [0, 0.05) is 6.42 Å². The van der Waals surface area contributed by atoms with E-state index in [1.807, 2.05) is 37.3 Å². The molecular formula is C14H20O3. The Morgan fingerprint density at radius 3 is 2.65 bits per heavy atom. The van der Waals surface area contributed by atoms with Gasteiger partial charge in [-0.1, -0.05) is 43.7 Å². The van der Waals surface area contributed by atoms with Crippen molar-refractivity contribution in [2.75, 3.05) is 0 Å². The van der Waals surface area contributed by atoms with Gasteiger partial charge in [-0.25, -0.2) is 0 Å². The van der Waals surface area contributed by atoms with Crippen molar-refractivity contribution in [2.24, 2.45) is 0 Å². The first-order valence-electron chi connectivity index (χ1n) is 6.10. The van der Waals surface area contributed by atoms with Crippen molar-refractivity contribution in [1.29, 1.82) is 0 Å². The monoisotopic (exact) mass is 236 g/mol. The van der Waals surface area contributed by atoms with E-state index in [0.717, 1.165) is 18.4 Å². The molecule has 0 amide bonds. The van der Waals surface area contributed by atoms with E-state index in [0.29, 0.717) is 13.0 Å². The summed E-state index contributed by atoms with van der Waals surface area (Å²) in [5, 5.41) is 9.48. The van der Waals surface area contributed by atoms with Gasteiger partial charge in [-0.2, -0.15) is 0 Å². The lowest BCUT2D eigenvalue weighted by atomic mass is 10.1. The highest BCUT2D eigenvalue weighted by Gasteiger charge is 2.08. The Bertz CT molecular complexity index is 321. The van der Waals surface area contributed by atoms with Gasteiger partial charge >= 0.3 is 5.97 Å². The zero-order valence-corrected chi connectivity index (χ0v) is 10.3. The Morgan fingerprint density at radius 2 is 2.00 bits per heavy atom. The molecule has 3 heteroatoms. The fourth-order valence-corrected chi connectivity index (χ4v) is 1.57. The number of hydrogen-bond acceptors (Lipinski definition) is 3. The lowest BCUT2D eigenvalue weighted by Gasteiger charge is -2.08. The summed E-state index contributed by atoms with van der Waals surface area (Å²) in [4.78, 5) is 11.4. The van der Waals surface area contributed by atoms with Crippen molar-refractivity contribution < 1.29 is 14.6 Å². The van der Waals surface area contributed by atoms with Gasteiger partial charge in [-0.3, -0.25) is 4.79 Å². The molecule has 1 aromatic rings. The number of hydrogen-bond donors (Lipinski definition) is 1. The molecular weight excluding hydrogens is 216 g/mol.